The number of aromatic carboxylic acids is 1. The molecule has 0 saturated heterocycles. The van der Waals surface area contributed by atoms with Crippen LogP contribution in [0.25, 0.3) is 0 Å². The summed E-state index contributed by atoms with van der Waals surface area (Å²) < 4.78 is 5.99. The van der Waals surface area contributed by atoms with E-state index < -0.39 is 5.97 Å². The molecule has 5 heteroatoms. The van der Waals surface area contributed by atoms with Gasteiger partial charge in [0.05, 0.1) is 5.56 Å². The van der Waals surface area contributed by atoms with E-state index in [4.69, 9.17) is 9.84 Å². The number of hydrogen-bond acceptors (Lipinski definition) is 3. The van der Waals surface area contributed by atoms with Crippen LogP contribution in [0.4, 0.5) is 0 Å². The zero-order valence-corrected chi connectivity index (χ0v) is 13.2. The summed E-state index contributed by atoms with van der Waals surface area (Å²) in [7, 11) is 1.74. The van der Waals surface area contributed by atoms with Gasteiger partial charge in [-0.25, -0.2) is 4.79 Å². The van der Waals surface area contributed by atoms with E-state index in [1.807, 2.05) is 6.07 Å². The number of benzene rings is 1. The second-order valence-corrected chi connectivity index (χ2v) is 6.31. The van der Waals surface area contributed by atoms with Crippen LogP contribution in [0.1, 0.15) is 35.2 Å². The van der Waals surface area contributed by atoms with Gasteiger partial charge >= 0.3 is 5.97 Å². The van der Waals surface area contributed by atoms with Gasteiger partial charge in [0.1, 0.15) is 0 Å². The van der Waals surface area contributed by atoms with Gasteiger partial charge in [-0.15, -0.1) is 0 Å². The van der Waals surface area contributed by atoms with Crippen molar-refractivity contribution in [1.82, 2.24) is 5.32 Å². The summed E-state index contributed by atoms with van der Waals surface area (Å²) in [5.41, 5.74) is 1.81. The van der Waals surface area contributed by atoms with Gasteiger partial charge in [-0.05, 0) is 42.4 Å². The van der Waals surface area contributed by atoms with Gasteiger partial charge in [0, 0.05) is 31.3 Å². The van der Waals surface area contributed by atoms with E-state index in [0.717, 1.165) is 36.2 Å². The fraction of sp³-hybridized carbons (Fsp3) is 0.533. The van der Waals surface area contributed by atoms with Gasteiger partial charge in [0.15, 0.2) is 0 Å². The van der Waals surface area contributed by atoms with Crippen molar-refractivity contribution in [3.05, 3.63) is 33.8 Å². The number of rotatable bonds is 8. The van der Waals surface area contributed by atoms with Gasteiger partial charge in [0.25, 0.3) is 0 Å². The minimum atomic E-state index is -0.901. The third-order valence-electron chi connectivity index (χ3n) is 3.91. The Balaban J connectivity index is 1.84. The van der Waals surface area contributed by atoms with Gasteiger partial charge in [0.2, 0.25) is 0 Å². The molecule has 110 valence electrons. The second kappa shape index (κ2) is 6.70. The molecule has 1 saturated carbocycles. The molecule has 0 aromatic heterocycles. The highest BCUT2D eigenvalue weighted by molar-refractivity contribution is 9.10. The molecule has 0 amide bonds. The van der Waals surface area contributed by atoms with E-state index in [2.05, 4.69) is 21.2 Å². The lowest BCUT2D eigenvalue weighted by atomic mass is 10.0. The van der Waals surface area contributed by atoms with Crippen LogP contribution in [0.3, 0.4) is 0 Å². The maximum atomic E-state index is 10.9. The summed E-state index contributed by atoms with van der Waals surface area (Å²) in [5, 5.41) is 12.4. The molecule has 0 unspecified atom stereocenters. The van der Waals surface area contributed by atoms with Crippen molar-refractivity contribution in [2.45, 2.75) is 25.8 Å². The fourth-order valence-corrected chi connectivity index (χ4v) is 2.82. The van der Waals surface area contributed by atoms with Crippen molar-refractivity contribution >= 4 is 21.9 Å². The van der Waals surface area contributed by atoms with Gasteiger partial charge in [-0.3, -0.25) is 0 Å². The standard InChI is InChI=1S/C15H20BrNO3/c1-20-7-6-15(4-5-15)10-17-9-12-3-2-11(14(18)19)8-13(12)16/h2-3,8,17H,4-7,9-10H2,1H3,(H,18,19). The Morgan fingerprint density at radius 1 is 1.50 bits per heavy atom. The molecular weight excluding hydrogens is 322 g/mol. The largest absolute Gasteiger partial charge is 0.478 e. The van der Waals surface area contributed by atoms with Crippen molar-refractivity contribution in [2.75, 3.05) is 20.3 Å². The molecular formula is C15H20BrNO3. The highest BCUT2D eigenvalue weighted by Gasteiger charge is 2.41. The third-order valence-corrected chi connectivity index (χ3v) is 4.65. The average Bonchev–Trinajstić information content (AvgIpc) is 3.18. The Kier molecular flexibility index (Phi) is 5.18. The Morgan fingerprint density at radius 2 is 2.25 bits per heavy atom. The Morgan fingerprint density at radius 3 is 2.80 bits per heavy atom. The lowest BCUT2D eigenvalue weighted by molar-refractivity contribution is 0.0697. The predicted molar refractivity (Wildman–Crippen MR) is 81.0 cm³/mol. The number of nitrogens with one attached hydrogen (secondary N) is 1. The lowest BCUT2D eigenvalue weighted by Gasteiger charge is -2.16. The summed E-state index contributed by atoms with van der Waals surface area (Å²) in [5.74, 6) is -0.901. The molecule has 4 nitrogen and oxygen atoms in total. The van der Waals surface area contributed by atoms with Crippen molar-refractivity contribution < 1.29 is 14.6 Å². The zero-order valence-electron chi connectivity index (χ0n) is 11.6. The number of methoxy groups -OCH3 is 1. The summed E-state index contributed by atoms with van der Waals surface area (Å²) in [6.07, 6.45) is 3.64. The minimum Gasteiger partial charge on any atom is -0.478 e. The van der Waals surface area contributed by atoms with Crippen molar-refractivity contribution in [3.8, 4) is 0 Å². The minimum absolute atomic E-state index is 0.305. The van der Waals surface area contributed by atoms with E-state index in [9.17, 15) is 4.79 Å². The van der Waals surface area contributed by atoms with E-state index in [1.165, 1.54) is 12.8 Å². The normalized spacial score (nSPS) is 16.1. The van der Waals surface area contributed by atoms with Crippen LogP contribution in [0.15, 0.2) is 22.7 Å². The molecule has 2 N–H and O–H groups in total. The molecule has 1 aliphatic carbocycles. The monoisotopic (exact) mass is 341 g/mol. The molecule has 0 spiro atoms. The Bertz CT molecular complexity index is 486. The molecule has 0 atom stereocenters. The highest BCUT2D eigenvalue weighted by atomic mass is 79.9. The number of ether oxygens (including phenoxy) is 1. The Labute approximate surface area is 127 Å². The van der Waals surface area contributed by atoms with Crippen molar-refractivity contribution in [3.63, 3.8) is 0 Å². The maximum Gasteiger partial charge on any atom is 0.335 e. The summed E-state index contributed by atoms with van der Waals surface area (Å²) in [6, 6.07) is 5.15. The first kappa shape index (κ1) is 15.5. The van der Waals surface area contributed by atoms with Crippen LogP contribution in [0, 0.1) is 5.41 Å². The topological polar surface area (TPSA) is 58.6 Å². The zero-order chi connectivity index (χ0) is 14.6. The molecule has 20 heavy (non-hydrogen) atoms. The van der Waals surface area contributed by atoms with Gasteiger partial charge in [-0.1, -0.05) is 22.0 Å². The van der Waals surface area contributed by atoms with E-state index in [1.54, 1.807) is 19.2 Å². The van der Waals surface area contributed by atoms with E-state index >= 15 is 0 Å². The van der Waals surface area contributed by atoms with E-state index in [0.29, 0.717) is 11.0 Å². The number of halogens is 1. The molecule has 0 aliphatic heterocycles. The average molecular weight is 342 g/mol. The molecule has 1 aromatic rings. The number of carboxylic acids is 1. The van der Waals surface area contributed by atoms with Crippen LogP contribution in [0.2, 0.25) is 0 Å². The molecule has 1 fully saturated rings. The van der Waals surface area contributed by atoms with Crippen molar-refractivity contribution in [2.24, 2.45) is 5.41 Å². The van der Waals surface area contributed by atoms with Crippen LogP contribution in [-0.2, 0) is 11.3 Å². The molecule has 1 aliphatic rings. The number of hydrogen-bond donors (Lipinski definition) is 2. The summed E-state index contributed by atoms with van der Waals surface area (Å²) >= 11 is 3.43. The van der Waals surface area contributed by atoms with Crippen LogP contribution < -0.4 is 5.32 Å². The first-order valence-corrected chi connectivity index (χ1v) is 7.57. The number of carboxylic acid groups (broad SMARTS) is 1. The second-order valence-electron chi connectivity index (χ2n) is 5.46. The Hall–Kier alpha value is -0.910. The van der Waals surface area contributed by atoms with Gasteiger partial charge < -0.3 is 15.2 Å². The third kappa shape index (κ3) is 4.04. The van der Waals surface area contributed by atoms with Gasteiger partial charge in [-0.2, -0.15) is 0 Å². The van der Waals surface area contributed by atoms with Crippen molar-refractivity contribution in [1.29, 1.82) is 0 Å². The highest BCUT2D eigenvalue weighted by Crippen LogP contribution is 2.48. The van der Waals surface area contributed by atoms with E-state index in [-0.39, 0.29) is 0 Å². The quantitative estimate of drug-likeness (QED) is 0.762. The summed E-state index contributed by atoms with van der Waals surface area (Å²) in [6.45, 7) is 2.55. The lowest BCUT2D eigenvalue weighted by Crippen LogP contribution is -2.24. The first-order chi connectivity index (χ1) is 9.56. The molecule has 2 rings (SSSR count). The number of carbonyl (C=O) groups is 1. The first-order valence-electron chi connectivity index (χ1n) is 6.78. The summed E-state index contributed by atoms with van der Waals surface area (Å²) in [4.78, 5) is 10.9. The molecule has 0 radical (unpaired) electrons. The van der Waals surface area contributed by atoms with Crippen LogP contribution in [-0.4, -0.2) is 31.3 Å². The SMILES string of the molecule is COCCC1(CNCc2ccc(C(=O)O)cc2Br)CC1. The predicted octanol–water partition coefficient (Wildman–Crippen LogP) is 3.05. The fourth-order valence-electron chi connectivity index (χ4n) is 2.30. The smallest absolute Gasteiger partial charge is 0.335 e. The maximum absolute atomic E-state index is 10.9. The van der Waals surface area contributed by atoms with Crippen LogP contribution >= 0.6 is 15.9 Å². The molecule has 0 heterocycles. The molecule has 1 aromatic carbocycles. The van der Waals surface area contributed by atoms with Crippen LogP contribution in [0.5, 0.6) is 0 Å². The molecule has 0 bridgehead atoms.